The average molecular weight is 295 g/mol. The molecule has 5 heteroatoms. The number of nitrogens with zero attached hydrogens (tertiary/aromatic N) is 1. The lowest BCUT2D eigenvalue weighted by Gasteiger charge is -2.19. The van der Waals surface area contributed by atoms with Crippen molar-refractivity contribution in [1.29, 1.82) is 0 Å². The number of nitrogens with two attached hydrogens (primary N) is 1. The summed E-state index contributed by atoms with van der Waals surface area (Å²) in [7, 11) is 0. The van der Waals surface area contributed by atoms with Gasteiger partial charge in [-0.25, -0.2) is 4.98 Å². The zero-order chi connectivity index (χ0) is 14.2. The minimum Gasteiger partial charge on any atom is -0.350 e. The zero-order valence-electron chi connectivity index (χ0n) is 12.1. The van der Waals surface area contributed by atoms with E-state index in [4.69, 9.17) is 5.73 Å². The van der Waals surface area contributed by atoms with Gasteiger partial charge in [0.2, 0.25) is 0 Å². The van der Waals surface area contributed by atoms with Crippen molar-refractivity contribution >= 4 is 17.2 Å². The number of aromatic nitrogens is 1. The highest BCUT2D eigenvalue weighted by Crippen LogP contribution is 2.21. The van der Waals surface area contributed by atoms with Crippen LogP contribution < -0.4 is 11.1 Å². The van der Waals surface area contributed by atoms with Crippen LogP contribution in [-0.2, 0) is 6.42 Å². The molecule has 0 aliphatic heterocycles. The Bertz CT molecular complexity index is 411. The first-order chi connectivity index (χ1) is 9.79. The maximum atomic E-state index is 12.1. The second-order valence-corrected chi connectivity index (χ2v) is 6.53. The van der Waals surface area contributed by atoms with Gasteiger partial charge in [-0.3, -0.25) is 4.79 Å². The molecular formula is C15H25N3OS. The second-order valence-electron chi connectivity index (χ2n) is 5.59. The summed E-state index contributed by atoms with van der Waals surface area (Å²) in [6, 6.07) is 0. The van der Waals surface area contributed by atoms with Crippen molar-refractivity contribution in [1.82, 2.24) is 10.3 Å². The van der Waals surface area contributed by atoms with Gasteiger partial charge in [0.05, 0.1) is 5.01 Å². The van der Waals surface area contributed by atoms with E-state index in [-0.39, 0.29) is 5.91 Å². The molecule has 0 bridgehead atoms. The van der Waals surface area contributed by atoms with Gasteiger partial charge in [0.1, 0.15) is 5.69 Å². The summed E-state index contributed by atoms with van der Waals surface area (Å²) in [6.07, 6.45) is 9.92. The zero-order valence-corrected chi connectivity index (χ0v) is 12.9. The van der Waals surface area contributed by atoms with E-state index in [1.165, 1.54) is 56.3 Å². The summed E-state index contributed by atoms with van der Waals surface area (Å²) in [5, 5.41) is 5.83. The number of hydrogen-bond donors (Lipinski definition) is 2. The SMILES string of the molecule is NCCc1nc(C(=O)NCC2CCCCCCC2)cs1. The molecule has 3 N–H and O–H groups in total. The third-order valence-electron chi connectivity index (χ3n) is 3.92. The normalized spacial score (nSPS) is 17.4. The Balaban J connectivity index is 1.78. The summed E-state index contributed by atoms with van der Waals surface area (Å²) in [5.74, 6) is 0.605. The Kier molecular flexibility index (Phi) is 6.47. The van der Waals surface area contributed by atoms with Gasteiger partial charge >= 0.3 is 0 Å². The summed E-state index contributed by atoms with van der Waals surface area (Å²) in [5.41, 5.74) is 6.04. The molecule has 1 aromatic heterocycles. The molecule has 0 saturated heterocycles. The molecule has 112 valence electrons. The molecule has 2 rings (SSSR count). The van der Waals surface area contributed by atoms with Crippen molar-refractivity contribution in [3.05, 3.63) is 16.1 Å². The van der Waals surface area contributed by atoms with Gasteiger partial charge in [0.25, 0.3) is 5.91 Å². The molecule has 0 unspecified atom stereocenters. The molecule has 20 heavy (non-hydrogen) atoms. The monoisotopic (exact) mass is 295 g/mol. The fraction of sp³-hybridized carbons (Fsp3) is 0.733. The van der Waals surface area contributed by atoms with Crippen LogP contribution in [0.2, 0.25) is 0 Å². The van der Waals surface area contributed by atoms with Crippen molar-refractivity contribution in [2.24, 2.45) is 11.7 Å². The van der Waals surface area contributed by atoms with Gasteiger partial charge in [-0.15, -0.1) is 11.3 Å². The Hall–Kier alpha value is -0.940. The Morgan fingerprint density at radius 2 is 2.00 bits per heavy atom. The van der Waals surface area contributed by atoms with Crippen molar-refractivity contribution in [3.63, 3.8) is 0 Å². The van der Waals surface area contributed by atoms with Crippen LogP contribution in [0.15, 0.2) is 5.38 Å². The summed E-state index contributed by atoms with van der Waals surface area (Å²) in [6.45, 7) is 1.37. The second kappa shape index (κ2) is 8.37. The highest BCUT2D eigenvalue weighted by molar-refractivity contribution is 7.09. The van der Waals surface area contributed by atoms with Gasteiger partial charge < -0.3 is 11.1 Å². The molecule has 0 aromatic carbocycles. The van der Waals surface area contributed by atoms with Crippen LogP contribution in [0.25, 0.3) is 0 Å². The molecule has 1 amide bonds. The molecule has 0 atom stereocenters. The maximum Gasteiger partial charge on any atom is 0.270 e. The average Bonchev–Trinajstić information content (AvgIpc) is 2.86. The first-order valence-corrected chi connectivity index (χ1v) is 8.60. The number of carbonyl (C=O) groups is 1. The van der Waals surface area contributed by atoms with E-state index in [0.29, 0.717) is 18.2 Å². The Morgan fingerprint density at radius 3 is 2.70 bits per heavy atom. The molecule has 1 fully saturated rings. The number of hydrogen-bond acceptors (Lipinski definition) is 4. The van der Waals surface area contributed by atoms with Crippen LogP contribution in [-0.4, -0.2) is 24.0 Å². The van der Waals surface area contributed by atoms with Crippen LogP contribution >= 0.6 is 11.3 Å². The van der Waals surface area contributed by atoms with Crippen molar-refractivity contribution < 1.29 is 4.79 Å². The third-order valence-corrected chi connectivity index (χ3v) is 4.83. The summed E-state index contributed by atoms with van der Waals surface area (Å²) in [4.78, 5) is 16.4. The van der Waals surface area contributed by atoms with Crippen LogP contribution in [0.5, 0.6) is 0 Å². The summed E-state index contributed by atoms with van der Waals surface area (Å²) < 4.78 is 0. The fourth-order valence-corrected chi connectivity index (χ4v) is 3.52. The van der Waals surface area contributed by atoms with Gasteiger partial charge in [-0.1, -0.05) is 32.1 Å². The summed E-state index contributed by atoms with van der Waals surface area (Å²) >= 11 is 1.52. The van der Waals surface area contributed by atoms with E-state index in [1.54, 1.807) is 0 Å². The quantitative estimate of drug-likeness (QED) is 0.877. The predicted molar refractivity (Wildman–Crippen MR) is 83.0 cm³/mol. The number of carbonyl (C=O) groups excluding carboxylic acids is 1. The van der Waals surface area contributed by atoms with Crippen molar-refractivity contribution in [3.8, 4) is 0 Å². The van der Waals surface area contributed by atoms with E-state index in [1.807, 2.05) is 5.38 Å². The van der Waals surface area contributed by atoms with Crippen molar-refractivity contribution in [2.45, 2.75) is 51.4 Å². The molecule has 0 radical (unpaired) electrons. The highest BCUT2D eigenvalue weighted by Gasteiger charge is 2.15. The Morgan fingerprint density at radius 1 is 1.30 bits per heavy atom. The number of nitrogens with one attached hydrogen (secondary N) is 1. The lowest BCUT2D eigenvalue weighted by atomic mass is 9.91. The topological polar surface area (TPSA) is 68.0 Å². The van der Waals surface area contributed by atoms with E-state index >= 15 is 0 Å². The van der Waals surface area contributed by atoms with E-state index < -0.39 is 0 Å². The number of amides is 1. The fourth-order valence-electron chi connectivity index (χ4n) is 2.73. The molecular weight excluding hydrogens is 270 g/mol. The minimum atomic E-state index is -0.0356. The lowest BCUT2D eigenvalue weighted by Crippen LogP contribution is -2.30. The largest absolute Gasteiger partial charge is 0.350 e. The first-order valence-electron chi connectivity index (χ1n) is 7.72. The molecule has 0 spiro atoms. The lowest BCUT2D eigenvalue weighted by molar-refractivity contribution is 0.0940. The third kappa shape index (κ3) is 4.87. The minimum absolute atomic E-state index is 0.0356. The molecule has 1 aliphatic rings. The van der Waals surface area contributed by atoms with Crippen molar-refractivity contribution in [2.75, 3.05) is 13.1 Å². The smallest absolute Gasteiger partial charge is 0.270 e. The number of thiazole rings is 1. The van der Waals surface area contributed by atoms with Crippen LogP contribution in [0.3, 0.4) is 0 Å². The van der Waals surface area contributed by atoms with E-state index in [2.05, 4.69) is 10.3 Å². The standard InChI is InChI=1S/C15H25N3OS/c16-9-8-14-18-13(11-20-14)15(19)17-10-12-6-4-2-1-3-5-7-12/h11-12H,1-10,16H2,(H,17,19). The highest BCUT2D eigenvalue weighted by atomic mass is 32.1. The van der Waals surface area contributed by atoms with Gasteiger partial charge in [0, 0.05) is 18.3 Å². The molecule has 1 saturated carbocycles. The predicted octanol–water partition coefficient (Wildman–Crippen LogP) is 2.73. The van der Waals surface area contributed by atoms with Gasteiger partial charge in [0.15, 0.2) is 0 Å². The van der Waals surface area contributed by atoms with E-state index in [9.17, 15) is 4.79 Å². The molecule has 1 heterocycles. The van der Waals surface area contributed by atoms with E-state index in [0.717, 1.165) is 18.0 Å². The molecule has 1 aromatic rings. The van der Waals surface area contributed by atoms with Gasteiger partial charge in [-0.2, -0.15) is 0 Å². The first kappa shape index (κ1) is 15.4. The maximum absolute atomic E-state index is 12.1. The Labute approximate surface area is 125 Å². The molecule has 4 nitrogen and oxygen atoms in total. The van der Waals surface area contributed by atoms with Crippen LogP contribution in [0.1, 0.15) is 60.4 Å². The number of rotatable bonds is 5. The van der Waals surface area contributed by atoms with Crippen LogP contribution in [0.4, 0.5) is 0 Å². The molecule has 1 aliphatic carbocycles. The van der Waals surface area contributed by atoms with Crippen LogP contribution in [0, 0.1) is 5.92 Å². The van der Waals surface area contributed by atoms with Gasteiger partial charge in [-0.05, 0) is 25.3 Å².